The molecule has 27 heavy (non-hydrogen) atoms. The molecule has 3 aromatic heterocycles. The van der Waals surface area contributed by atoms with Gasteiger partial charge in [-0.15, -0.1) is 0 Å². The van der Waals surface area contributed by atoms with Gasteiger partial charge in [0.25, 0.3) is 5.56 Å². The average molecular weight is 363 g/mol. The lowest BCUT2D eigenvalue weighted by Gasteiger charge is -2.38. The Morgan fingerprint density at radius 2 is 2.07 bits per heavy atom. The molecule has 5 rings (SSSR count). The molecular formula is C20H21N5O2. The summed E-state index contributed by atoms with van der Waals surface area (Å²) in [6, 6.07) is 9.25. The fourth-order valence-corrected chi connectivity index (χ4v) is 3.61. The lowest BCUT2D eigenvalue weighted by molar-refractivity contribution is 0.0744. The molecule has 138 valence electrons. The van der Waals surface area contributed by atoms with Crippen LogP contribution in [0.2, 0.25) is 0 Å². The summed E-state index contributed by atoms with van der Waals surface area (Å²) in [4.78, 5) is 18.6. The molecule has 0 bridgehead atoms. The van der Waals surface area contributed by atoms with Gasteiger partial charge in [0.1, 0.15) is 5.76 Å². The highest BCUT2D eigenvalue weighted by atomic mass is 16.5. The molecule has 1 aliphatic heterocycles. The fourth-order valence-electron chi connectivity index (χ4n) is 3.61. The van der Waals surface area contributed by atoms with Gasteiger partial charge < -0.3 is 4.52 Å². The molecule has 3 aromatic rings. The fraction of sp³-hybridized carbons (Fsp3) is 0.400. The monoisotopic (exact) mass is 363 g/mol. The molecule has 1 aliphatic carbocycles. The zero-order valence-electron chi connectivity index (χ0n) is 15.0. The molecule has 0 radical (unpaired) electrons. The van der Waals surface area contributed by atoms with Gasteiger partial charge in [-0.25, -0.2) is 4.68 Å². The molecule has 1 saturated heterocycles. The van der Waals surface area contributed by atoms with Crippen molar-refractivity contribution in [3.63, 3.8) is 0 Å². The van der Waals surface area contributed by atoms with Gasteiger partial charge in [-0.1, -0.05) is 5.16 Å². The van der Waals surface area contributed by atoms with E-state index >= 15 is 0 Å². The summed E-state index contributed by atoms with van der Waals surface area (Å²) in [7, 11) is 0. The SMILES string of the molecule is O=c1ccc(-c2cccnc2)nn1CC1CN(Cc2cc(C3CC3)on2)C1. The topological polar surface area (TPSA) is 77.0 Å². The van der Waals surface area contributed by atoms with Gasteiger partial charge in [0.2, 0.25) is 0 Å². The molecule has 2 aliphatic rings. The summed E-state index contributed by atoms with van der Waals surface area (Å²) in [6.07, 6.45) is 5.93. The summed E-state index contributed by atoms with van der Waals surface area (Å²) in [6.45, 7) is 3.33. The molecule has 4 heterocycles. The molecule has 0 N–H and O–H groups in total. The Bertz CT molecular complexity index is 987. The molecule has 7 heteroatoms. The van der Waals surface area contributed by atoms with E-state index in [1.807, 2.05) is 12.1 Å². The Labute approximate surface area is 156 Å². The van der Waals surface area contributed by atoms with Gasteiger partial charge in [0.15, 0.2) is 0 Å². The summed E-state index contributed by atoms with van der Waals surface area (Å²) in [5, 5.41) is 8.70. The Balaban J connectivity index is 1.20. The van der Waals surface area contributed by atoms with Crippen LogP contribution in [0, 0.1) is 5.92 Å². The first-order valence-electron chi connectivity index (χ1n) is 9.41. The van der Waals surface area contributed by atoms with Crippen molar-refractivity contribution in [3.8, 4) is 11.3 Å². The highest BCUT2D eigenvalue weighted by Crippen LogP contribution is 2.40. The van der Waals surface area contributed by atoms with Gasteiger partial charge in [0, 0.05) is 61.6 Å². The Hall–Kier alpha value is -2.80. The first kappa shape index (κ1) is 16.4. The minimum Gasteiger partial charge on any atom is -0.361 e. The molecule has 0 aromatic carbocycles. The van der Waals surface area contributed by atoms with Crippen LogP contribution in [0.15, 0.2) is 52.0 Å². The summed E-state index contributed by atoms with van der Waals surface area (Å²) < 4.78 is 6.99. The van der Waals surface area contributed by atoms with Crippen LogP contribution in [0.1, 0.15) is 30.2 Å². The number of pyridine rings is 1. The van der Waals surface area contributed by atoms with Crippen molar-refractivity contribution in [1.29, 1.82) is 0 Å². The molecule has 0 atom stereocenters. The summed E-state index contributed by atoms with van der Waals surface area (Å²) >= 11 is 0. The predicted octanol–water partition coefficient (Wildman–Crippen LogP) is 2.30. The largest absolute Gasteiger partial charge is 0.361 e. The van der Waals surface area contributed by atoms with Crippen molar-refractivity contribution in [2.24, 2.45) is 5.92 Å². The molecule has 1 saturated carbocycles. The van der Waals surface area contributed by atoms with Crippen molar-refractivity contribution < 1.29 is 4.52 Å². The van der Waals surface area contributed by atoms with Crippen LogP contribution in [0.4, 0.5) is 0 Å². The molecule has 0 amide bonds. The standard InChI is InChI=1S/C20H21N5O2/c26-20-6-5-18(16-2-1-7-21-9-16)22-25(20)12-14-10-24(11-14)13-17-8-19(27-23-17)15-3-4-15/h1-2,5-9,14-15H,3-4,10-13H2. The first-order valence-corrected chi connectivity index (χ1v) is 9.41. The third-order valence-electron chi connectivity index (χ3n) is 5.23. The van der Waals surface area contributed by atoms with Crippen LogP contribution in [0.3, 0.4) is 0 Å². The number of hydrogen-bond acceptors (Lipinski definition) is 6. The Morgan fingerprint density at radius 3 is 2.85 bits per heavy atom. The van der Waals surface area contributed by atoms with E-state index in [1.165, 1.54) is 12.8 Å². The Morgan fingerprint density at radius 1 is 1.19 bits per heavy atom. The summed E-state index contributed by atoms with van der Waals surface area (Å²) in [5.41, 5.74) is 2.63. The maximum atomic E-state index is 12.2. The molecular weight excluding hydrogens is 342 g/mol. The lowest BCUT2D eigenvalue weighted by Crippen LogP contribution is -2.48. The van der Waals surface area contributed by atoms with Crippen LogP contribution in [-0.2, 0) is 13.1 Å². The van der Waals surface area contributed by atoms with Gasteiger partial charge in [-0.2, -0.15) is 5.10 Å². The van der Waals surface area contributed by atoms with Gasteiger partial charge >= 0.3 is 0 Å². The second-order valence-corrected chi connectivity index (χ2v) is 7.54. The highest BCUT2D eigenvalue weighted by Gasteiger charge is 2.30. The predicted molar refractivity (Wildman–Crippen MR) is 99.0 cm³/mol. The molecule has 0 unspecified atom stereocenters. The van der Waals surface area contributed by atoms with E-state index in [1.54, 1.807) is 29.2 Å². The summed E-state index contributed by atoms with van der Waals surface area (Å²) in [5.74, 6) is 2.06. The first-order chi connectivity index (χ1) is 13.2. The van der Waals surface area contributed by atoms with Crippen LogP contribution in [-0.4, -0.2) is 37.9 Å². The van der Waals surface area contributed by atoms with Crippen LogP contribution in [0.5, 0.6) is 0 Å². The van der Waals surface area contributed by atoms with E-state index < -0.39 is 0 Å². The third kappa shape index (κ3) is 3.55. The van der Waals surface area contributed by atoms with Crippen molar-refractivity contribution in [3.05, 3.63) is 64.5 Å². The number of rotatable bonds is 6. The zero-order chi connectivity index (χ0) is 18.2. The number of hydrogen-bond donors (Lipinski definition) is 0. The third-order valence-corrected chi connectivity index (χ3v) is 5.23. The zero-order valence-corrected chi connectivity index (χ0v) is 15.0. The van der Waals surface area contributed by atoms with Crippen LogP contribution < -0.4 is 5.56 Å². The highest BCUT2D eigenvalue weighted by molar-refractivity contribution is 5.56. The van der Waals surface area contributed by atoms with Crippen LogP contribution >= 0.6 is 0 Å². The number of nitrogens with zero attached hydrogens (tertiary/aromatic N) is 5. The lowest BCUT2D eigenvalue weighted by atomic mass is 10.00. The van der Waals surface area contributed by atoms with Gasteiger partial charge in [-0.05, 0) is 31.0 Å². The van der Waals surface area contributed by atoms with E-state index in [0.29, 0.717) is 18.4 Å². The number of aromatic nitrogens is 4. The van der Waals surface area contributed by atoms with E-state index in [9.17, 15) is 4.79 Å². The van der Waals surface area contributed by atoms with Crippen molar-refractivity contribution in [2.75, 3.05) is 13.1 Å². The maximum Gasteiger partial charge on any atom is 0.266 e. The van der Waals surface area contributed by atoms with E-state index in [4.69, 9.17) is 4.52 Å². The van der Waals surface area contributed by atoms with Crippen molar-refractivity contribution >= 4 is 0 Å². The smallest absolute Gasteiger partial charge is 0.266 e. The average Bonchev–Trinajstić information content (AvgIpc) is 3.41. The van der Waals surface area contributed by atoms with E-state index in [-0.39, 0.29) is 5.56 Å². The normalized spacial score (nSPS) is 17.8. The van der Waals surface area contributed by atoms with E-state index in [0.717, 1.165) is 42.3 Å². The molecule has 7 nitrogen and oxygen atoms in total. The van der Waals surface area contributed by atoms with Crippen molar-refractivity contribution in [1.82, 2.24) is 24.8 Å². The molecule has 0 spiro atoms. The van der Waals surface area contributed by atoms with Gasteiger partial charge in [0.05, 0.1) is 17.9 Å². The number of likely N-dealkylation sites (tertiary alicyclic amines) is 1. The maximum absolute atomic E-state index is 12.2. The van der Waals surface area contributed by atoms with Crippen LogP contribution in [0.25, 0.3) is 11.3 Å². The second kappa shape index (κ2) is 6.74. The molecule has 2 fully saturated rings. The van der Waals surface area contributed by atoms with Crippen molar-refractivity contribution in [2.45, 2.75) is 31.8 Å². The minimum absolute atomic E-state index is 0.0633. The minimum atomic E-state index is -0.0633. The Kier molecular flexibility index (Phi) is 4.09. The van der Waals surface area contributed by atoms with Gasteiger partial charge in [-0.3, -0.25) is 14.7 Å². The quantitative estimate of drug-likeness (QED) is 0.669. The second-order valence-electron chi connectivity index (χ2n) is 7.54. The van der Waals surface area contributed by atoms with E-state index in [2.05, 4.69) is 26.2 Å².